The molecule has 0 radical (unpaired) electrons. The number of carbonyl (C=O) groups excluding carboxylic acids is 2. The fourth-order valence-electron chi connectivity index (χ4n) is 1.59. The second kappa shape index (κ2) is 8.29. The van der Waals surface area contributed by atoms with Crippen molar-refractivity contribution in [3.05, 3.63) is 35.4 Å². The molecule has 4 heteroatoms. The summed E-state index contributed by atoms with van der Waals surface area (Å²) in [5.41, 5.74) is 1.68. The van der Waals surface area contributed by atoms with Gasteiger partial charge in [0, 0.05) is 6.42 Å². The summed E-state index contributed by atoms with van der Waals surface area (Å²) in [4.78, 5) is 22.5. The minimum atomic E-state index is -0.298. The normalized spacial score (nSPS) is 10.0. The van der Waals surface area contributed by atoms with Crippen molar-refractivity contribution in [3.8, 4) is 0 Å². The van der Waals surface area contributed by atoms with Crippen molar-refractivity contribution >= 4 is 11.9 Å². The van der Waals surface area contributed by atoms with Crippen LogP contribution in [-0.4, -0.2) is 25.7 Å². The number of ether oxygens (including phenoxy) is 2. The molecule has 0 saturated carbocycles. The molecule has 0 aromatic heterocycles. The predicted molar refractivity (Wildman–Crippen MR) is 71.9 cm³/mol. The van der Waals surface area contributed by atoms with Gasteiger partial charge in [-0.2, -0.15) is 0 Å². The standard InChI is InChI=1S/C15H20O4/c1-12-7-9-13(10-8-12)15(17)19-11-5-3-4-6-14(16)18-2/h7-10H,3-6,11H2,1-2H3. The van der Waals surface area contributed by atoms with Crippen LogP contribution in [-0.2, 0) is 14.3 Å². The van der Waals surface area contributed by atoms with Crippen molar-refractivity contribution in [3.63, 3.8) is 0 Å². The molecular formula is C15H20O4. The predicted octanol–water partition coefficient (Wildman–Crippen LogP) is 2.89. The van der Waals surface area contributed by atoms with Crippen LogP contribution in [0.3, 0.4) is 0 Å². The van der Waals surface area contributed by atoms with Crippen LogP contribution in [0, 0.1) is 6.92 Å². The molecule has 0 spiro atoms. The van der Waals surface area contributed by atoms with Crippen molar-refractivity contribution in [2.75, 3.05) is 13.7 Å². The fourth-order valence-corrected chi connectivity index (χ4v) is 1.59. The maximum atomic E-state index is 11.6. The third-order valence-electron chi connectivity index (χ3n) is 2.77. The van der Waals surface area contributed by atoms with Gasteiger partial charge in [-0.25, -0.2) is 4.79 Å². The Kier molecular flexibility index (Phi) is 6.64. The van der Waals surface area contributed by atoms with E-state index in [0.717, 1.165) is 24.8 Å². The van der Waals surface area contributed by atoms with E-state index in [4.69, 9.17) is 4.74 Å². The molecule has 104 valence electrons. The summed E-state index contributed by atoms with van der Waals surface area (Å²) in [6.07, 6.45) is 2.78. The van der Waals surface area contributed by atoms with Crippen molar-refractivity contribution in [1.82, 2.24) is 0 Å². The molecule has 4 nitrogen and oxygen atoms in total. The SMILES string of the molecule is COC(=O)CCCCCOC(=O)c1ccc(C)cc1. The third kappa shape index (κ3) is 6.04. The molecule has 0 aliphatic heterocycles. The molecular weight excluding hydrogens is 244 g/mol. The minimum absolute atomic E-state index is 0.198. The Morgan fingerprint density at radius 2 is 1.74 bits per heavy atom. The van der Waals surface area contributed by atoms with Crippen LogP contribution in [0.25, 0.3) is 0 Å². The van der Waals surface area contributed by atoms with Gasteiger partial charge in [0.2, 0.25) is 0 Å². The van der Waals surface area contributed by atoms with E-state index in [-0.39, 0.29) is 11.9 Å². The molecule has 0 atom stereocenters. The van der Waals surface area contributed by atoms with Gasteiger partial charge in [0.25, 0.3) is 0 Å². The molecule has 1 aromatic carbocycles. The van der Waals surface area contributed by atoms with Crippen molar-refractivity contribution in [1.29, 1.82) is 0 Å². The number of benzene rings is 1. The highest BCUT2D eigenvalue weighted by atomic mass is 16.5. The molecule has 0 unspecified atom stereocenters. The van der Waals surface area contributed by atoms with Crippen molar-refractivity contribution in [2.45, 2.75) is 32.6 Å². The first-order chi connectivity index (χ1) is 9.13. The highest BCUT2D eigenvalue weighted by Crippen LogP contribution is 2.06. The number of rotatable bonds is 7. The van der Waals surface area contributed by atoms with E-state index in [9.17, 15) is 9.59 Å². The van der Waals surface area contributed by atoms with Crippen LogP contribution in [0.4, 0.5) is 0 Å². The van der Waals surface area contributed by atoms with Crippen LogP contribution < -0.4 is 0 Å². The molecule has 0 fully saturated rings. The molecule has 0 heterocycles. The number of hydrogen-bond acceptors (Lipinski definition) is 4. The smallest absolute Gasteiger partial charge is 0.338 e. The number of carbonyl (C=O) groups is 2. The van der Waals surface area contributed by atoms with E-state index in [1.807, 2.05) is 19.1 Å². The Morgan fingerprint density at radius 1 is 1.05 bits per heavy atom. The lowest BCUT2D eigenvalue weighted by atomic mass is 10.1. The van der Waals surface area contributed by atoms with E-state index in [1.54, 1.807) is 12.1 Å². The molecule has 0 aliphatic carbocycles. The maximum absolute atomic E-state index is 11.6. The van der Waals surface area contributed by atoms with Crippen LogP contribution in [0.15, 0.2) is 24.3 Å². The molecule has 19 heavy (non-hydrogen) atoms. The number of hydrogen-bond donors (Lipinski definition) is 0. The Morgan fingerprint density at radius 3 is 2.37 bits per heavy atom. The van der Waals surface area contributed by atoms with Gasteiger partial charge in [-0.1, -0.05) is 17.7 Å². The summed E-state index contributed by atoms with van der Waals surface area (Å²) in [6.45, 7) is 2.35. The van der Waals surface area contributed by atoms with Gasteiger partial charge in [-0.15, -0.1) is 0 Å². The van der Waals surface area contributed by atoms with Crippen LogP contribution in [0.1, 0.15) is 41.6 Å². The van der Waals surface area contributed by atoms with Gasteiger partial charge in [-0.3, -0.25) is 4.79 Å². The molecule has 0 bridgehead atoms. The van der Waals surface area contributed by atoms with Crippen LogP contribution >= 0.6 is 0 Å². The highest BCUT2D eigenvalue weighted by molar-refractivity contribution is 5.89. The Labute approximate surface area is 113 Å². The van der Waals surface area contributed by atoms with Crippen molar-refractivity contribution in [2.24, 2.45) is 0 Å². The minimum Gasteiger partial charge on any atom is -0.469 e. The van der Waals surface area contributed by atoms with Crippen molar-refractivity contribution < 1.29 is 19.1 Å². The van der Waals surface area contributed by atoms with Gasteiger partial charge in [0.1, 0.15) is 0 Å². The number of methoxy groups -OCH3 is 1. The Hall–Kier alpha value is -1.84. The van der Waals surface area contributed by atoms with E-state index in [2.05, 4.69) is 4.74 Å². The second-order valence-corrected chi connectivity index (χ2v) is 4.39. The van der Waals surface area contributed by atoms with Gasteiger partial charge in [-0.05, 0) is 38.3 Å². The zero-order valence-corrected chi connectivity index (χ0v) is 11.5. The summed E-state index contributed by atoms with van der Waals surface area (Å²) in [5.74, 6) is -0.496. The Bertz CT molecular complexity index is 409. The quantitative estimate of drug-likeness (QED) is 0.561. The number of esters is 2. The third-order valence-corrected chi connectivity index (χ3v) is 2.77. The Balaban J connectivity index is 2.14. The molecule has 0 saturated heterocycles. The lowest BCUT2D eigenvalue weighted by Crippen LogP contribution is -2.06. The average molecular weight is 264 g/mol. The second-order valence-electron chi connectivity index (χ2n) is 4.39. The topological polar surface area (TPSA) is 52.6 Å². The van der Waals surface area contributed by atoms with Crippen LogP contribution in [0.5, 0.6) is 0 Å². The van der Waals surface area contributed by atoms with Gasteiger partial charge < -0.3 is 9.47 Å². The first kappa shape index (κ1) is 15.2. The maximum Gasteiger partial charge on any atom is 0.338 e. The molecule has 1 aromatic rings. The highest BCUT2D eigenvalue weighted by Gasteiger charge is 2.06. The molecule has 0 aliphatic rings. The van der Waals surface area contributed by atoms with Gasteiger partial charge in [0.05, 0.1) is 19.3 Å². The van der Waals surface area contributed by atoms with E-state index < -0.39 is 0 Å². The average Bonchev–Trinajstić information content (AvgIpc) is 2.42. The number of unbranched alkanes of at least 4 members (excludes halogenated alkanes) is 2. The van der Waals surface area contributed by atoms with Crippen LogP contribution in [0.2, 0.25) is 0 Å². The molecule has 0 amide bonds. The van der Waals surface area contributed by atoms with E-state index in [1.165, 1.54) is 7.11 Å². The molecule has 1 rings (SSSR count). The molecule has 0 N–H and O–H groups in total. The number of aryl methyl sites for hydroxylation is 1. The van der Waals surface area contributed by atoms with Gasteiger partial charge in [0.15, 0.2) is 0 Å². The lowest BCUT2D eigenvalue weighted by Gasteiger charge is -2.05. The summed E-state index contributed by atoms with van der Waals surface area (Å²) in [6, 6.07) is 7.28. The fraction of sp³-hybridized carbons (Fsp3) is 0.467. The summed E-state index contributed by atoms with van der Waals surface area (Å²) < 4.78 is 9.68. The summed E-state index contributed by atoms with van der Waals surface area (Å²) in [7, 11) is 1.38. The van der Waals surface area contributed by atoms with E-state index >= 15 is 0 Å². The first-order valence-electron chi connectivity index (χ1n) is 6.44. The summed E-state index contributed by atoms with van der Waals surface area (Å²) >= 11 is 0. The van der Waals surface area contributed by atoms with Gasteiger partial charge >= 0.3 is 11.9 Å². The zero-order chi connectivity index (χ0) is 14.1. The zero-order valence-electron chi connectivity index (χ0n) is 11.5. The monoisotopic (exact) mass is 264 g/mol. The summed E-state index contributed by atoms with van der Waals surface area (Å²) in [5, 5.41) is 0. The largest absolute Gasteiger partial charge is 0.469 e. The first-order valence-corrected chi connectivity index (χ1v) is 6.44. The van der Waals surface area contributed by atoms with E-state index in [0.29, 0.717) is 18.6 Å². The lowest BCUT2D eigenvalue weighted by molar-refractivity contribution is -0.140.